The van der Waals surface area contributed by atoms with E-state index >= 15 is 0 Å². The number of ether oxygens (including phenoxy) is 1. The molecule has 1 aromatic carbocycles. The van der Waals surface area contributed by atoms with Crippen molar-refractivity contribution in [1.29, 1.82) is 0 Å². The number of halogens is 1. The van der Waals surface area contributed by atoms with Crippen LogP contribution in [0.1, 0.15) is 36.8 Å². The molecule has 1 aromatic heterocycles. The quantitative estimate of drug-likeness (QED) is 0.831. The van der Waals surface area contributed by atoms with Crippen LogP contribution in [0.2, 0.25) is 5.02 Å². The molecule has 26 heavy (non-hydrogen) atoms. The smallest absolute Gasteiger partial charge is 0.240 e. The lowest BCUT2D eigenvalue weighted by Gasteiger charge is -2.29. The number of nitrogens with zero attached hydrogens (tertiary/aromatic N) is 1. The maximum Gasteiger partial charge on any atom is 0.240 e. The van der Waals surface area contributed by atoms with E-state index in [-0.39, 0.29) is 12.1 Å². The Morgan fingerprint density at radius 1 is 1.08 bits per heavy atom. The standard InChI is InChI=1S/C19H23ClN2O3S/c1-13-3-9-18(11-14(13)2)26(23,24)22-16-5-7-17(8-6-16)25-19-10-4-15(20)12-21-19/h3-4,9-12,16-17,22H,5-8H2,1-2H3. The molecule has 3 rings (SSSR count). The van der Waals surface area contributed by atoms with Crippen LogP contribution in [0.5, 0.6) is 5.88 Å². The summed E-state index contributed by atoms with van der Waals surface area (Å²) in [4.78, 5) is 4.46. The predicted molar refractivity (Wildman–Crippen MR) is 102 cm³/mol. The van der Waals surface area contributed by atoms with Gasteiger partial charge in [-0.05, 0) is 68.9 Å². The molecule has 140 valence electrons. The van der Waals surface area contributed by atoms with Crippen LogP contribution in [-0.4, -0.2) is 25.5 Å². The SMILES string of the molecule is Cc1ccc(S(=O)(=O)NC2CCC(Oc3ccc(Cl)cn3)CC2)cc1C. The number of sulfonamides is 1. The van der Waals surface area contributed by atoms with Crippen LogP contribution in [0.4, 0.5) is 0 Å². The number of benzene rings is 1. The van der Waals surface area contributed by atoms with E-state index in [1.165, 1.54) is 0 Å². The van der Waals surface area contributed by atoms with Crippen LogP contribution in [0.15, 0.2) is 41.4 Å². The van der Waals surface area contributed by atoms with Crippen LogP contribution in [0.3, 0.4) is 0 Å². The summed E-state index contributed by atoms with van der Waals surface area (Å²) in [5.74, 6) is 0.550. The van der Waals surface area contributed by atoms with Crippen molar-refractivity contribution in [2.45, 2.75) is 56.6 Å². The minimum Gasteiger partial charge on any atom is -0.474 e. The van der Waals surface area contributed by atoms with Crippen molar-refractivity contribution >= 4 is 21.6 Å². The van der Waals surface area contributed by atoms with E-state index in [0.717, 1.165) is 36.8 Å². The summed E-state index contributed by atoms with van der Waals surface area (Å²) in [5, 5.41) is 0.571. The van der Waals surface area contributed by atoms with Crippen molar-refractivity contribution in [3.05, 3.63) is 52.7 Å². The number of nitrogens with one attached hydrogen (secondary N) is 1. The fourth-order valence-corrected chi connectivity index (χ4v) is 4.57. The van der Waals surface area contributed by atoms with Gasteiger partial charge >= 0.3 is 0 Å². The first-order valence-corrected chi connectivity index (χ1v) is 10.6. The highest BCUT2D eigenvalue weighted by atomic mass is 35.5. The first kappa shape index (κ1) is 19.1. The number of hydrogen-bond acceptors (Lipinski definition) is 4. The summed E-state index contributed by atoms with van der Waals surface area (Å²) in [7, 11) is -3.50. The van der Waals surface area contributed by atoms with Crippen molar-refractivity contribution < 1.29 is 13.2 Å². The Labute approximate surface area is 159 Å². The number of rotatable bonds is 5. The molecule has 0 unspecified atom stereocenters. The fraction of sp³-hybridized carbons (Fsp3) is 0.421. The molecule has 1 fully saturated rings. The summed E-state index contributed by atoms with van der Waals surface area (Å²) in [5.41, 5.74) is 2.05. The van der Waals surface area contributed by atoms with Crippen LogP contribution < -0.4 is 9.46 Å². The zero-order chi connectivity index (χ0) is 18.7. The fourth-order valence-electron chi connectivity index (χ4n) is 3.07. The van der Waals surface area contributed by atoms with E-state index in [4.69, 9.17) is 16.3 Å². The molecule has 0 aliphatic heterocycles. The van der Waals surface area contributed by atoms with E-state index in [2.05, 4.69) is 9.71 Å². The van der Waals surface area contributed by atoms with Gasteiger partial charge in [-0.2, -0.15) is 0 Å². The highest BCUT2D eigenvalue weighted by molar-refractivity contribution is 7.89. The molecule has 5 nitrogen and oxygen atoms in total. The van der Waals surface area contributed by atoms with Crippen LogP contribution in [-0.2, 0) is 10.0 Å². The number of aryl methyl sites for hydroxylation is 2. The first-order valence-electron chi connectivity index (χ1n) is 8.71. The van der Waals surface area contributed by atoms with Gasteiger partial charge in [0.25, 0.3) is 0 Å². The van der Waals surface area contributed by atoms with Crippen LogP contribution in [0.25, 0.3) is 0 Å². The molecule has 0 spiro atoms. The van der Waals surface area contributed by atoms with E-state index in [1.807, 2.05) is 19.9 Å². The highest BCUT2D eigenvalue weighted by Gasteiger charge is 2.27. The Bertz CT molecular complexity index is 861. The number of pyridine rings is 1. The second-order valence-corrected chi connectivity index (χ2v) is 8.92. The molecule has 1 N–H and O–H groups in total. The lowest BCUT2D eigenvalue weighted by molar-refractivity contribution is 0.138. The van der Waals surface area contributed by atoms with Gasteiger partial charge in [0.1, 0.15) is 6.10 Å². The summed E-state index contributed by atoms with van der Waals surface area (Å²) < 4.78 is 33.9. The second kappa shape index (κ2) is 7.94. The second-order valence-electron chi connectivity index (χ2n) is 6.77. The molecule has 0 bridgehead atoms. The van der Waals surface area contributed by atoms with Gasteiger partial charge in [0.05, 0.1) is 9.92 Å². The zero-order valence-corrected chi connectivity index (χ0v) is 16.5. The van der Waals surface area contributed by atoms with Gasteiger partial charge < -0.3 is 4.74 Å². The van der Waals surface area contributed by atoms with Gasteiger partial charge in [-0.15, -0.1) is 0 Å². The third-order valence-electron chi connectivity index (χ3n) is 4.77. The van der Waals surface area contributed by atoms with Crippen molar-refractivity contribution in [3.63, 3.8) is 0 Å². The topological polar surface area (TPSA) is 68.3 Å². The molecule has 0 radical (unpaired) electrons. The summed E-state index contributed by atoms with van der Waals surface area (Å²) in [6.45, 7) is 3.89. The van der Waals surface area contributed by atoms with Gasteiger partial charge in [0.2, 0.25) is 15.9 Å². The Morgan fingerprint density at radius 2 is 1.81 bits per heavy atom. The molecule has 0 amide bonds. The molecule has 1 heterocycles. The Balaban J connectivity index is 1.56. The minimum atomic E-state index is -3.50. The van der Waals surface area contributed by atoms with Crippen molar-refractivity contribution in [2.24, 2.45) is 0 Å². The van der Waals surface area contributed by atoms with E-state index in [0.29, 0.717) is 15.8 Å². The van der Waals surface area contributed by atoms with Gasteiger partial charge in [-0.3, -0.25) is 0 Å². The van der Waals surface area contributed by atoms with E-state index in [1.54, 1.807) is 30.5 Å². The zero-order valence-electron chi connectivity index (χ0n) is 14.9. The van der Waals surface area contributed by atoms with Crippen molar-refractivity contribution in [2.75, 3.05) is 0 Å². The molecule has 1 saturated carbocycles. The third kappa shape index (κ3) is 4.75. The molecule has 7 heteroatoms. The van der Waals surface area contributed by atoms with Gasteiger partial charge in [0, 0.05) is 18.3 Å². The predicted octanol–water partition coefficient (Wildman–Crippen LogP) is 4.02. The molecular weight excluding hydrogens is 372 g/mol. The maximum atomic E-state index is 12.6. The molecule has 0 atom stereocenters. The van der Waals surface area contributed by atoms with Crippen molar-refractivity contribution in [3.8, 4) is 5.88 Å². The lowest BCUT2D eigenvalue weighted by atomic mass is 9.94. The summed E-state index contributed by atoms with van der Waals surface area (Å²) >= 11 is 5.82. The lowest BCUT2D eigenvalue weighted by Crippen LogP contribution is -2.39. The number of hydrogen-bond donors (Lipinski definition) is 1. The average molecular weight is 395 g/mol. The van der Waals surface area contributed by atoms with Gasteiger partial charge in [-0.25, -0.2) is 18.1 Å². The maximum absolute atomic E-state index is 12.6. The van der Waals surface area contributed by atoms with Gasteiger partial charge in [-0.1, -0.05) is 17.7 Å². The Hall–Kier alpha value is -1.63. The molecule has 0 saturated heterocycles. The Morgan fingerprint density at radius 3 is 2.42 bits per heavy atom. The number of aromatic nitrogens is 1. The normalized spacial score (nSPS) is 20.7. The van der Waals surface area contributed by atoms with Crippen LogP contribution >= 0.6 is 11.6 Å². The average Bonchev–Trinajstić information content (AvgIpc) is 2.61. The van der Waals surface area contributed by atoms with E-state index in [9.17, 15) is 8.42 Å². The molecular formula is C19H23ClN2O3S. The molecule has 1 aliphatic carbocycles. The largest absolute Gasteiger partial charge is 0.474 e. The third-order valence-corrected chi connectivity index (χ3v) is 6.51. The molecule has 1 aliphatic rings. The molecule has 2 aromatic rings. The monoisotopic (exact) mass is 394 g/mol. The highest BCUT2D eigenvalue weighted by Crippen LogP contribution is 2.25. The Kier molecular flexibility index (Phi) is 5.85. The summed E-state index contributed by atoms with van der Waals surface area (Å²) in [6.07, 6.45) is 4.64. The van der Waals surface area contributed by atoms with Gasteiger partial charge in [0.15, 0.2) is 0 Å². The summed E-state index contributed by atoms with van der Waals surface area (Å²) in [6, 6.07) is 8.64. The minimum absolute atomic E-state index is 0.0473. The van der Waals surface area contributed by atoms with Crippen LogP contribution in [0, 0.1) is 13.8 Å². The van der Waals surface area contributed by atoms with Crippen molar-refractivity contribution in [1.82, 2.24) is 9.71 Å². The van der Waals surface area contributed by atoms with E-state index < -0.39 is 10.0 Å². The first-order chi connectivity index (χ1) is 12.3.